The van der Waals surface area contributed by atoms with Crippen molar-refractivity contribution in [3.05, 3.63) is 0 Å². The van der Waals surface area contributed by atoms with Crippen LogP contribution in [0, 0.1) is 4.78 Å². The van der Waals surface area contributed by atoms with Crippen LogP contribution in [0.25, 0.3) is 0 Å². The first-order valence-corrected chi connectivity index (χ1v) is 5.30. The zero-order valence-electron chi connectivity index (χ0n) is 7.23. The van der Waals surface area contributed by atoms with Crippen molar-refractivity contribution in [1.29, 1.82) is 4.78 Å². The molecule has 1 N–H and O–H groups in total. The summed E-state index contributed by atoms with van der Waals surface area (Å²) in [6.45, 7) is 7.54. The third kappa shape index (κ3) is 2.29. The van der Waals surface area contributed by atoms with Gasteiger partial charge in [-0.2, -0.15) is 0 Å². The van der Waals surface area contributed by atoms with Crippen molar-refractivity contribution < 1.29 is 4.21 Å². The maximum atomic E-state index is 11.5. The van der Waals surface area contributed by atoms with Gasteiger partial charge in [-0.15, -0.1) is 0 Å². The molecule has 0 spiro atoms. The summed E-state index contributed by atoms with van der Waals surface area (Å²) in [5, 5.41) is 0. The van der Waals surface area contributed by atoms with Crippen molar-refractivity contribution in [2.75, 3.05) is 5.75 Å². The summed E-state index contributed by atoms with van der Waals surface area (Å²) in [6, 6.07) is 0. The van der Waals surface area contributed by atoms with Gasteiger partial charge in [-0.05, 0) is 27.2 Å². The Balaban J connectivity index is 4.44. The van der Waals surface area contributed by atoms with E-state index >= 15 is 0 Å². The van der Waals surface area contributed by atoms with Gasteiger partial charge in [-0.1, -0.05) is 6.92 Å². The number of rotatable bonds is 2. The molecule has 0 aliphatic rings. The van der Waals surface area contributed by atoms with E-state index in [0.717, 1.165) is 6.42 Å². The molecule has 0 aliphatic heterocycles. The van der Waals surface area contributed by atoms with E-state index in [4.69, 9.17) is 4.78 Å². The molecule has 0 saturated heterocycles. The molecule has 62 valence electrons. The Morgan fingerprint density at radius 2 is 1.80 bits per heavy atom. The zero-order valence-corrected chi connectivity index (χ0v) is 8.05. The molecule has 0 aromatic carbocycles. The quantitative estimate of drug-likeness (QED) is 0.666. The monoisotopic (exact) mass is 163 g/mol. The van der Waals surface area contributed by atoms with Gasteiger partial charge in [-0.3, -0.25) is 4.78 Å². The largest absolute Gasteiger partial charge is 0.252 e. The summed E-state index contributed by atoms with van der Waals surface area (Å²) in [7, 11) is -2.35. The van der Waals surface area contributed by atoms with Crippen molar-refractivity contribution in [3.63, 3.8) is 0 Å². The molecule has 0 amide bonds. The second-order valence-electron chi connectivity index (χ2n) is 3.49. The Morgan fingerprint density at radius 3 is 1.90 bits per heavy atom. The lowest BCUT2D eigenvalue weighted by molar-refractivity contribution is 0.635. The highest BCUT2D eigenvalue weighted by molar-refractivity contribution is 7.93. The van der Waals surface area contributed by atoms with Crippen LogP contribution in [0.3, 0.4) is 0 Å². The summed E-state index contributed by atoms with van der Waals surface area (Å²) in [4.78, 5) is 0. The van der Waals surface area contributed by atoms with Gasteiger partial charge in [0.2, 0.25) is 0 Å². The van der Waals surface area contributed by atoms with Crippen LogP contribution in [0.1, 0.15) is 34.1 Å². The van der Waals surface area contributed by atoms with Crippen molar-refractivity contribution in [2.45, 2.75) is 38.9 Å². The average Bonchev–Trinajstić information content (AvgIpc) is 1.61. The van der Waals surface area contributed by atoms with E-state index in [9.17, 15) is 4.21 Å². The number of nitrogens with one attached hydrogen (secondary N) is 1. The van der Waals surface area contributed by atoms with Gasteiger partial charge in [0.15, 0.2) is 0 Å². The Labute approximate surface area is 64.0 Å². The van der Waals surface area contributed by atoms with Crippen LogP contribution in [0.15, 0.2) is 0 Å². The summed E-state index contributed by atoms with van der Waals surface area (Å²) in [5.41, 5.74) is 0. The fraction of sp³-hybridized carbons (Fsp3) is 1.00. The molecule has 0 saturated carbocycles. The molecule has 0 rings (SSSR count). The van der Waals surface area contributed by atoms with Crippen molar-refractivity contribution in [1.82, 2.24) is 0 Å². The van der Waals surface area contributed by atoms with E-state index in [1.807, 2.05) is 27.7 Å². The number of hydrogen-bond acceptors (Lipinski definition) is 2. The Hall–Kier alpha value is -0.0500. The average molecular weight is 163 g/mol. The van der Waals surface area contributed by atoms with Gasteiger partial charge in [0.25, 0.3) is 0 Å². The van der Waals surface area contributed by atoms with Crippen LogP contribution in [0.5, 0.6) is 0 Å². The van der Waals surface area contributed by atoms with E-state index in [0.29, 0.717) is 5.75 Å². The first kappa shape index (κ1) is 9.95. The normalized spacial score (nSPS) is 18.4. The lowest BCUT2D eigenvalue weighted by Crippen LogP contribution is -2.28. The van der Waals surface area contributed by atoms with E-state index < -0.39 is 9.73 Å². The highest BCUT2D eigenvalue weighted by Gasteiger charge is 2.23. The molecule has 3 heteroatoms. The fourth-order valence-electron chi connectivity index (χ4n) is 0.594. The highest BCUT2D eigenvalue weighted by atomic mass is 32.2. The zero-order chi connectivity index (χ0) is 8.41. The van der Waals surface area contributed by atoms with Crippen LogP contribution in [0.2, 0.25) is 0 Å². The Kier molecular flexibility index (Phi) is 2.89. The second-order valence-corrected chi connectivity index (χ2v) is 6.48. The molecular formula is C7H17NOS. The molecular weight excluding hydrogens is 146 g/mol. The molecule has 0 aromatic heterocycles. The van der Waals surface area contributed by atoms with Crippen molar-refractivity contribution >= 4 is 9.73 Å². The second kappa shape index (κ2) is 2.91. The SMILES string of the molecule is CCC[S@@](=N)(=O)C(C)(C)C. The third-order valence-corrected chi connectivity index (χ3v) is 4.44. The lowest BCUT2D eigenvalue weighted by atomic mass is 10.3. The predicted octanol–water partition coefficient (Wildman–Crippen LogP) is 2.24. The first-order chi connectivity index (χ1) is 4.31. The van der Waals surface area contributed by atoms with E-state index in [-0.39, 0.29) is 4.75 Å². The smallest absolute Gasteiger partial charge is 0.0491 e. The topological polar surface area (TPSA) is 40.9 Å². The predicted molar refractivity (Wildman–Crippen MR) is 45.8 cm³/mol. The first-order valence-electron chi connectivity index (χ1n) is 3.57. The van der Waals surface area contributed by atoms with Gasteiger partial charge in [0, 0.05) is 20.2 Å². The molecule has 0 radical (unpaired) electrons. The molecule has 0 aromatic rings. The molecule has 0 aliphatic carbocycles. The van der Waals surface area contributed by atoms with Gasteiger partial charge < -0.3 is 0 Å². The molecule has 0 unspecified atom stereocenters. The fourth-order valence-corrected chi connectivity index (χ4v) is 1.78. The molecule has 2 nitrogen and oxygen atoms in total. The third-order valence-electron chi connectivity index (χ3n) is 1.48. The van der Waals surface area contributed by atoms with Gasteiger partial charge >= 0.3 is 0 Å². The maximum Gasteiger partial charge on any atom is 0.0491 e. The van der Waals surface area contributed by atoms with Crippen molar-refractivity contribution in [2.24, 2.45) is 0 Å². The lowest BCUT2D eigenvalue weighted by Gasteiger charge is -2.21. The molecule has 10 heavy (non-hydrogen) atoms. The minimum Gasteiger partial charge on any atom is -0.252 e. The van der Waals surface area contributed by atoms with Crippen LogP contribution >= 0.6 is 0 Å². The van der Waals surface area contributed by atoms with E-state index in [1.54, 1.807) is 0 Å². The van der Waals surface area contributed by atoms with Gasteiger partial charge in [0.05, 0.1) is 0 Å². The number of hydrogen-bond donors (Lipinski definition) is 1. The van der Waals surface area contributed by atoms with Crippen LogP contribution in [-0.2, 0) is 9.73 Å². The van der Waals surface area contributed by atoms with E-state index in [1.165, 1.54) is 0 Å². The molecule has 0 bridgehead atoms. The molecule has 0 fully saturated rings. The summed E-state index contributed by atoms with van der Waals surface area (Å²) in [6.07, 6.45) is 0.833. The summed E-state index contributed by atoms with van der Waals surface area (Å²) < 4.78 is 18.6. The van der Waals surface area contributed by atoms with Crippen LogP contribution in [0.4, 0.5) is 0 Å². The minimum absolute atomic E-state index is 0.358. The highest BCUT2D eigenvalue weighted by Crippen LogP contribution is 2.17. The van der Waals surface area contributed by atoms with Crippen LogP contribution < -0.4 is 0 Å². The summed E-state index contributed by atoms with van der Waals surface area (Å²) >= 11 is 0. The van der Waals surface area contributed by atoms with Crippen LogP contribution in [-0.4, -0.2) is 14.7 Å². The van der Waals surface area contributed by atoms with E-state index in [2.05, 4.69) is 0 Å². The minimum atomic E-state index is -2.35. The Bertz CT molecular complexity index is 186. The Morgan fingerprint density at radius 1 is 1.40 bits per heavy atom. The van der Waals surface area contributed by atoms with Gasteiger partial charge in [-0.25, -0.2) is 4.21 Å². The molecule has 1 atom stereocenters. The standard InChI is InChI=1S/C7H17NOS/c1-5-6-10(8,9)7(2,3)4/h8H,5-6H2,1-4H3/t10-/m1/s1. The van der Waals surface area contributed by atoms with Gasteiger partial charge in [0.1, 0.15) is 0 Å². The maximum absolute atomic E-state index is 11.5. The van der Waals surface area contributed by atoms with Crippen molar-refractivity contribution in [3.8, 4) is 0 Å². The molecule has 0 heterocycles. The summed E-state index contributed by atoms with van der Waals surface area (Å²) in [5.74, 6) is 0.524.